The summed E-state index contributed by atoms with van der Waals surface area (Å²) >= 11 is 0. The Bertz CT molecular complexity index is 911. The van der Waals surface area contributed by atoms with E-state index in [-0.39, 0.29) is 5.69 Å². The summed E-state index contributed by atoms with van der Waals surface area (Å²) in [5.74, 6) is -7.19. The Morgan fingerprint density at radius 3 is 1.31 bits per heavy atom. The zero-order valence-electron chi connectivity index (χ0n) is 14.0. The van der Waals surface area contributed by atoms with Gasteiger partial charge in [0, 0.05) is 0 Å². The summed E-state index contributed by atoms with van der Waals surface area (Å²) in [4.78, 5) is 46.6. The van der Waals surface area contributed by atoms with Gasteiger partial charge in [-0.05, 0) is 31.9 Å². The molecule has 0 aliphatic carbocycles. The van der Waals surface area contributed by atoms with Crippen LogP contribution in [0.5, 0.6) is 0 Å². The lowest BCUT2D eigenvalue weighted by atomic mass is 10.0. The standard InChI is InChI=1S/C17H15NO8/c1-6-4-7(2)11(8(3)5-6)18-12(16(23)24)9(14(19)20)10(15(21)22)13(18)17(25)26/h4-5H,1-3H3,(H,19,20)(H,21,22)(H,23,24)(H,25,26). The van der Waals surface area contributed by atoms with Gasteiger partial charge in [-0.25, -0.2) is 19.2 Å². The van der Waals surface area contributed by atoms with Crippen LogP contribution < -0.4 is 0 Å². The Hall–Kier alpha value is -3.62. The minimum atomic E-state index is -1.84. The van der Waals surface area contributed by atoms with Crippen molar-refractivity contribution in [2.24, 2.45) is 0 Å². The first kappa shape index (κ1) is 18.7. The van der Waals surface area contributed by atoms with Crippen LogP contribution in [0.15, 0.2) is 12.1 Å². The molecular formula is C17H15NO8. The summed E-state index contributed by atoms with van der Waals surface area (Å²) in [6.45, 7) is 4.96. The van der Waals surface area contributed by atoms with Gasteiger partial charge in [0.2, 0.25) is 0 Å². The average Bonchev–Trinajstić information content (AvgIpc) is 2.82. The number of aryl methyl sites for hydroxylation is 3. The van der Waals surface area contributed by atoms with E-state index >= 15 is 0 Å². The van der Waals surface area contributed by atoms with Crippen LogP contribution in [-0.4, -0.2) is 48.9 Å². The maximum Gasteiger partial charge on any atom is 0.353 e. The van der Waals surface area contributed by atoms with Crippen molar-refractivity contribution < 1.29 is 39.6 Å². The molecule has 9 nitrogen and oxygen atoms in total. The van der Waals surface area contributed by atoms with E-state index in [9.17, 15) is 39.6 Å². The third-order valence-corrected chi connectivity index (χ3v) is 3.86. The molecule has 26 heavy (non-hydrogen) atoms. The number of nitrogens with zero attached hydrogens (tertiary/aromatic N) is 1. The monoisotopic (exact) mass is 361 g/mol. The molecule has 1 heterocycles. The summed E-state index contributed by atoms with van der Waals surface area (Å²) in [7, 11) is 0. The smallest absolute Gasteiger partial charge is 0.353 e. The predicted molar refractivity (Wildman–Crippen MR) is 87.8 cm³/mol. The second-order valence-electron chi connectivity index (χ2n) is 5.75. The Morgan fingerprint density at radius 1 is 0.692 bits per heavy atom. The third-order valence-electron chi connectivity index (χ3n) is 3.86. The highest BCUT2D eigenvalue weighted by Gasteiger charge is 2.38. The second kappa shape index (κ2) is 6.36. The molecule has 2 aromatic rings. The molecule has 0 radical (unpaired) electrons. The van der Waals surface area contributed by atoms with Crippen molar-refractivity contribution in [3.8, 4) is 5.69 Å². The number of aromatic carboxylic acids is 4. The lowest BCUT2D eigenvalue weighted by Crippen LogP contribution is -2.17. The molecule has 2 rings (SSSR count). The first-order valence-electron chi connectivity index (χ1n) is 7.29. The van der Waals surface area contributed by atoms with Crippen LogP contribution in [0, 0.1) is 20.8 Å². The number of carboxylic acids is 4. The Morgan fingerprint density at radius 2 is 1.04 bits per heavy atom. The molecule has 0 amide bonds. The van der Waals surface area contributed by atoms with E-state index in [1.54, 1.807) is 32.9 Å². The molecule has 0 aliphatic rings. The summed E-state index contributed by atoms with van der Waals surface area (Å²) < 4.78 is 0.682. The van der Waals surface area contributed by atoms with Crippen LogP contribution >= 0.6 is 0 Å². The Labute approximate surface area is 146 Å². The number of carbonyl (C=O) groups is 4. The first-order chi connectivity index (χ1) is 12.0. The quantitative estimate of drug-likeness (QED) is 0.632. The first-order valence-corrected chi connectivity index (χ1v) is 7.29. The lowest BCUT2D eigenvalue weighted by Gasteiger charge is -2.16. The van der Waals surface area contributed by atoms with Gasteiger partial charge in [0.15, 0.2) is 0 Å². The Kier molecular flexibility index (Phi) is 4.57. The molecule has 0 atom stereocenters. The molecule has 0 aliphatic heterocycles. The van der Waals surface area contributed by atoms with Crippen LogP contribution in [0.1, 0.15) is 58.4 Å². The summed E-state index contributed by atoms with van der Waals surface area (Å²) in [5, 5.41) is 37.8. The Balaban J connectivity index is 3.20. The van der Waals surface area contributed by atoms with Gasteiger partial charge in [-0.2, -0.15) is 0 Å². The zero-order chi connectivity index (χ0) is 19.9. The van der Waals surface area contributed by atoms with Crippen LogP contribution in [0.4, 0.5) is 0 Å². The lowest BCUT2D eigenvalue weighted by molar-refractivity contribution is 0.0628. The van der Waals surface area contributed by atoms with Gasteiger partial charge < -0.3 is 20.4 Å². The predicted octanol–water partition coefficient (Wildman–Crippen LogP) is 2.20. The highest BCUT2D eigenvalue weighted by atomic mass is 16.4. The highest BCUT2D eigenvalue weighted by Crippen LogP contribution is 2.31. The SMILES string of the molecule is Cc1cc(C)c(-n2c(C(=O)O)c(C(=O)O)c(C(=O)O)c2C(=O)O)c(C)c1. The summed E-state index contributed by atoms with van der Waals surface area (Å²) in [5.41, 5.74) is -2.15. The molecule has 1 aromatic heterocycles. The molecule has 0 saturated carbocycles. The van der Waals surface area contributed by atoms with Crippen LogP contribution in [0.3, 0.4) is 0 Å². The van der Waals surface area contributed by atoms with E-state index in [1.807, 2.05) is 0 Å². The van der Waals surface area contributed by atoms with Gasteiger partial charge in [0.05, 0.1) is 5.69 Å². The van der Waals surface area contributed by atoms with Crippen LogP contribution in [0.2, 0.25) is 0 Å². The largest absolute Gasteiger partial charge is 0.478 e. The van der Waals surface area contributed by atoms with Crippen molar-refractivity contribution in [3.05, 3.63) is 51.3 Å². The second-order valence-corrected chi connectivity index (χ2v) is 5.75. The van der Waals surface area contributed by atoms with Gasteiger partial charge in [-0.15, -0.1) is 0 Å². The normalized spacial score (nSPS) is 10.6. The van der Waals surface area contributed by atoms with Gasteiger partial charge in [0.1, 0.15) is 22.5 Å². The number of rotatable bonds is 5. The maximum absolute atomic E-state index is 11.8. The topological polar surface area (TPSA) is 154 Å². The molecular weight excluding hydrogens is 346 g/mol. The fourth-order valence-electron chi connectivity index (χ4n) is 3.14. The zero-order valence-corrected chi connectivity index (χ0v) is 14.0. The van der Waals surface area contributed by atoms with E-state index < -0.39 is 46.4 Å². The van der Waals surface area contributed by atoms with Crippen molar-refractivity contribution in [3.63, 3.8) is 0 Å². The van der Waals surface area contributed by atoms with E-state index in [0.717, 1.165) is 5.56 Å². The van der Waals surface area contributed by atoms with E-state index in [0.29, 0.717) is 15.7 Å². The fraction of sp³-hybridized carbons (Fsp3) is 0.176. The maximum atomic E-state index is 11.8. The number of hydrogen-bond acceptors (Lipinski definition) is 4. The van der Waals surface area contributed by atoms with Gasteiger partial charge in [-0.3, -0.25) is 4.57 Å². The van der Waals surface area contributed by atoms with E-state index in [4.69, 9.17) is 0 Å². The summed E-state index contributed by atoms with van der Waals surface area (Å²) in [6.07, 6.45) is 0. The van der Waals surface area contributed by atoms with Crippen molar-refractivity contribution >= 4 is 23.9 Å². The van der Waals surface area contributed by atoms with E-state index in [1.165, 1.54) is 0 Å². The summed E-state index contributed by atoms with van der Waals surface area (Å²) in [6, 6.07) is 3.31. The van der Waals surface area contributed by atoms with E-state index in [2.05, 4.69) is 0 Å². The molecule has 9 heteroatoms. The number of benzene rings is 1. The fourth-order valence-corrected chi connectivity index (χ4v) is 3.14. The molecule has 0 spiro atoms. The van der Waals surface area contributed by atoms with Gasteiger partial charge >= 0.3 is 23.9 Å². The molecule has 0 saturated heterocycles. The molecule has 0 fully saturated rings. The van der Waals surface area contributed by atoms with Crippen LogP contribution in [0.25, 0.3) is 5.69 Å². The molecule has 4 N–H and O–H groups in total. The minimum Gasteiger partial charge on any atom is -0.478 e. The van der Waals surface area contributed by atoms with Crippen LogP contribution in [-0.2, 0) is 0 Å². The highest BCUT2D eigenvalue weighted by molar-refractivity contribution is 6.14. The van der Waals surface area contributed by atoms with Crippen molar-refractivity contribution in [2.45, 2.75) is 20.8 Å². The molecule has 0 unspecified atom stereocenters. The number of carboxylic acid groups (broad SMARTS) is 4. The van der Waals surface area contributed by atoms with Crippen molar-refractivity contribution in [1.29, 1.82) is 0 Å². The minimum absolute atomic E-state index is 0.111. The third kappa shape index (κ3) is 2.79. The van der Waals surface area contributed by atoms with Gasteiger partial charge in [-0.1, -0.05) is 17.7 Å². The number of hydrogen-bond donors (Lipinski definition) is 4. The van der Waals surface area contributed by atoms with Crippen molar-refractivity contribution in [2.75, 3.05) is 0 Å². The molecule has 0 bridgehead atoms. The average molecular weight is 361 g/mol. The number of aromatic nitrogens is 1. The molecule has 136 valence electrons. The van der Waals surface area contributed by atoms with Crippen molar-refractivity contribution in [1.82, 2.24) is 4.57 Å². The van der Waals surface area contributed by atoms with Gasteiger partial charge in [0.25, 0.3) is 0 Å². The molecule has 1 aromatic carbocycles.